The quantitative estimate of drug-likeness (QED) is 0.471. The minimum Gasteiger partial charge on any atom is -0.0999 e. The third kappa shape index (κ3) is 1.35. The van der Waals surface area contributed by atoms with Gasteiger partial charge < -0.3 is 0 Å². The Morgan fingerprint density at radius 2 is 2.11 bits per heavy atom. The fourth-order valence-corrected chi connectivity index (χ4v) is 1.88. The van der Waals surface area contributed by atoms with Crippen molar-refractivity contribution in [2.75, 3.05) is 0 Å². The molecule has 0 bridgehead atoms. The first-order valence-corrected chi connectivity index (χ1v) is 3.87. The molecule has 0 aliphatic heterocycles. The molecule has 1 rings (SSSR count). The molecule has 0 saturated heterocycles. The highest BCUT2D eigenvalue weighted by Gasteiger charge is 2.22. The molecular weight excluding hydrogens is 108 g/mol. The molecule has 0 N–H and O–H groups in total. The highest BCUT2D eigenvalue weighted by molar-refractivity contribution is 5.00. The molecule has 0 heteroatoms. The molecule has 1 aliphatic carbocycles. The van der Waals surface area contributed by atoms with E-state index < -0.39 is 0 Å². The summed E-state index contributed by atoms with van der Waals surface area (Å²) < 4.78 is 0. The smallest absolute Gasteiger partial charge is 0.0183 e. The zero-order chi connectivity index (χ0) is 6.85. The van der Waals surface area contributed by atoms with Crippen LogP contribution in [0, 0.1) is 11.8 Å². The summed E-state index contributed by atoms with van der Waals surface area (Å²) in [6.45, 7) is 8.49. The van der Waals surface area contributed by atoms with Gasteiger partial charge in [-0.1, -0.05) is 31.9 Å². The lowest BCUT2D eigenvalue weighted by Gasteiger charge is -2.13. The molecule has 0 amide bonds. The van der Waals surface area contributed by atoms with Crippen LogP contribution in [0.4, 0.5) is 0 Å². The van der Waals surface area contributed by atoms with Crippen molar-refractivity contribution in [3.63, 3.8) is 0 Å². The molecule has 0 unspecified atom stereocenters. The molecular formula is C9H16. The maximum atomic E-state index is 3.99. The van der Waals surface area contributed by atoms with E-state index in [1.54, 1.807) is 0 Å². The standard InChI is InChI=1S/C9H16/c1-7(2)9-6-4-5-8(9)3/h8-9H,1,4-6H2,2-3H3/t8-,9-/m0/s1. The summed E-state index contributed by atoms with van der Waals surface area (Å²) in [4.78, 5) is 0. The third-order valence-corrected chi connectivity index (χ3v) is 2.49. The molecule has 9 heavy (non-hydrogen) atoms. The van der Waals surface area contributed by atoms with E-state index in [0.717, 1.165) is 11.8 Å². The predicted octanol–water partition coefficient (Wildman–Crippen LogP) is 3.00. The Labute approximate surface area is 58.0 Å². The predicted molar refractivity (Wildman–Crippen MR) is 41.3 cm³/mol. The van der Waals surface area contributed by atoms with Gasteiger partial charge in [0, 0.05) is 0 Å². The van der Waals surface area contributed by atoms with E-state index in [1.807, 2.05) is 0 Å². The van der Waals surface area contributed by atoms with Crippen LogP contribution in [0.1, 0.15) is 33.1 Å². The first-order valence-electron chi connectivity index (χ1n) is 3.87. The van der Waals surface area contributed by atoms with Crippen LogP contribution in [0.15, 0.2) is 12.2 Å². The Kier molecular flexibility index (Phi) is 1.94. The van der Waals surface area contributed by atoms with Gasteiger partial charge in [-0.05, 0) is 25.2 Å². The summed E-state index contributed by atoms with van der Waals surface area (Å²) in [6, 6.07) is 0. The Bertz CT molecular complexity index is 113. The Balaban J connectivity index is 2.49. The molecule has 0 radical (unpaired) electrons. The minimum absolute atomic E-state index is 0.838. The van der Waals surface area contributed by atoms with Crippen molar-refractivity contribution in [2.45, 2.75) is 33.1 Å². The van der Waals surface area contributed by atoms with E-state index in [2.05, 4.69) is 20.4 Å². The molecule has 52 valence electrons. The lowest BCUT2D eigenvalue weighted by Crippen LogP contribution is -2.03. The van der Waals surface area contributed by atoms with Crippen LogP contribution in [0.25, 0.3) is 0 Å². The Morgan fingerprint density at radius 3 is 2.33 bits per heavy atom. The van der Waals surface area contributed by atoms with Crippen molar-refractivity contribution in [3.05, 3.63) is 12.2 Å². The molecule has 0 spiro atoms. The molecule has 0 aromatic rings. The van der Waals surface area contributed by atoms with Crippen LogP contribution in [-0.2, 0) is 0 Å². The molecule has 2 atom stereocenters. The van der Waals surface area contributed by atoms with Crippen molar-refractivity contribution in [1.82, 2.24) is 0 Å². The monoisotopic (exact) mass is 124 g/mol. The lowest BCUT2D eigenvalue weighted by atomic mass is 9.92. The third-order valence-electron chi connectivity index (χ3n) is 2.49. The van der Waals surface area contributed by atoms with Crippen LogP contribution < -0.4 is 0 Å². The van der Waals surface area contributed by atoms with Crippen LogP contribution in [0.2, 0.25) is 0 Å². The van der Waals surface area contributed by atoms with Crippen molar-refractivity contribution in [2.24, 2.45) is 11.8 Å². The maximum absolute atomic E-state index is 3.99. The van der Waals surface area contributed by atoms with Crippen LogP contribution in [-0.4, -0.2) is 0 Å². The summed E-state index contributed by atoms with van der Waals surface area (Å²) in [6.07, 6.45) is 4.22. The van der Waals surface area contributed by atoms with Gasteiger partial charge >= 0.3 is 0 Å². The van der Waals surface area contributed by atoms with Gasteiger partial charge in [-0.25, -0.2) is 0 Å². The van der Waals surface area contributed by atoms with Crippen molar-refractivity contribution in [3.8, 4) is 0 Å². The van der Waals surface area contributed by atoms with Gasteiger partial charge in [0.25, 0.3) is 0 Å². The molecule has 0 nitrogen and oxygen atoms in total. The Hall–Kier alpha value is -0.260. The van der Waals surface area contributed by atoms with Crippen molar-refractivity contribution in [1.29, 1.82) is 0 Å². The summed E-state index contributed by atoms with van der Waals surface area (Å²) in [7, 11) is 0. The SMILES string of the molecule is C=C(C)[C@@H]1CCC[C@@H]1C. The van der Waals surface area contributed by atoms with Gasteiger partial charge in [0.1, 0.15) is 0 Å². The second-order valence-electron chi connectivity index (χ2n) is 3.36. The van der Waals surface area contributed by atoms with E-state index in [-0.39, 0.29) is 0 Å². The molecule has 1 aliphatic rings. The van der Waals surface area contributed by atoms with E-state index in [4.69, 9.17) is 0 Å². The van der Waals surface area contributed by atoms with Gasteiger partial charge in [0.15, 0.2) is 0 Å². The number of hydrogen-bond donors (Lipinski definition) is 0. The summed E-state index contributed by atoms with van der Waals surface area (Å²) in [5.74, 6) is 1.74. The molecule has 0 aromatic heterocycles. The summed E-state index contributed by atoms with van der Waals surface area (Å²) >= 11 is 0. The largest absolute Gasteiger partial charge is 0.0999 e. The average molecular weight is 124 g/mol. The van der Waals surface area contributed by atoms with Gasteiger partial charge in [-0.3, -0.25) is 0 Å². The van der Waals surface area contributed by atoms with E-state index >= 15 is 0 Å². The first-order chi connectivity index (χ1) is 4.22. The van der Waals surface area contributed by atoms with E-state index in [0.29, 0.717) is 0 Å². The second-order valence-corrected chi connectivity index (χ2v) is 3.36. The average Bonchev–Trinajstić information content (AvgIpc) is 2.13. The normalized spacial score (nSPS) is 34.9. The van der Waals surface area contributed by atoms with Gasteiger partial charge in [0.2, 0.25) is 0 Å². The molecule has 0 aromatic carbocycles. The lowest BCUT2D eigenvalue weighted by molar-refractivity contribution is 0.481. The topological polar surface area (TPSA) is 0 Å². The zero-order valence-corrected chi connectivity index (χ0v) is 6.48. The Morgan fingerprint density at radius 1 is 1.44 bits per heavy atom. The summed E-state index contributed by atoms with van der Waals surface area (Å²) in [5.41, 5.74) is 1.39. The first kappa shape index (κ1) is 6.85. The minimum atomic E-state index is 0.838. The van der Waals surface area contributed by atoms with E-state index in [9.17, 15) is 0 Å². The molecule has 0 heterocycles. The molecule has 1 fully saturated rings. The fourth-order valence-electron chi connectivity index (χ4n) is 1.88. The van der Waals surface area contributed by atoms with Gasteiger partial charge in [0.05, 0.1) is 0 Å². The molecule has 1 saturated carbocycles. The maximum Gasteiger partial charge on any atom is -0.0183 e. The second kappa shape index (κ2) is 2.55. The van der Waals surface area contributed by atoms with Crippen LogP contribution in [0.3, 0.4) is 0 Å². The number of rotatable bonds is 1. The fraction of sp³-hybridized carbons (Fsp3) is 0.778. The number of allylic oxidation sites excluding steroid dienone is 1. The summed E-state index contributed by atoms with van der Waals surface area (Å²) in [5, 5.41) is 0. The highest BCUT2D eigenvalue weighted by atomic mass is 14.3. The van der Waals surface area contributed by atoms with Gasteiger partial charge in [-0.2, -0.15) is 0 Å². The van der Waals surface area contributed by atoms with Crippen molar-refractivity contribution < 1.29 is 0 Å². The zero-order valence-electron chi connectivity index (χ0n) is 6.48. The van der Waals surface area contributed by atoms with Crippen LogP contribution in [0.5, 0.6) is 0 Å². The van der Waals surface area contributed by atoms with E-state index in [1.165, 1.54) is 24.8 Å². The van der Waals surface area contributed by atoms with Crippen LogP contribution >= 0.6 is 0 Å². The number of hydrogen-bond acceptors (Lipinski definition) is 0. The highest BCUT2D eigenvalue weighted by Crippen LogP contribution is 2.35. The van der Waals surface area contributed by atoms with Gasteiger partial charge in [-0.15, -0.1) is 0 Å². The van der Waals surface area contributed by atoms with Crippen molar-refractivity contribution >= 4 is 0 Å².